The van der Waals surface area contributed by atoms with Gasteiger partial charge in [0.05, 0.1) is 24.4 Å². The van der Waals surface area contributed by atoms with E-state index in [9.17, 15) is 10.2 Å². The fourth-order valence-electron chi connectivity index (χ4n) is 3.32. The number of aliphatic hydroxyl groups excluding tert-OH is 2. The zero-order valence-corrected chi connectivity index (χ0v) is 14.8. The molecule has 0 aromatic rings. The monoisotopic (exact) mass is 320 g/mol. The minimum absolute atomic E-state index is 0.0410. The van der Waals surface area contributed by atoms with Crippen molar-refractivity contribution in [1.82, 2.24) is 0 Å². The van der Waals surface area contributed by atoms with Crippen LogP contribution in [-0.2, 0) is 4.74 Å². The van der Waals surface area contributed by atoms with Crippen LogP contribution in [0.1, 0.15) is 59.3 Å². The first kappa shape index (κ1) is 18.4. The van der Waals surface area contributed by atoms with Gasteiger partial charge in [-0.2, -0.15) is 0 Å². The Hall–Kier alpha value is -0.900. The van der Waals surface area contributed by atoms with E-state index < -0.39 is 6.10 Å². The molecule has 0 spiro atoms. The maximum Gasteiger partial charge on any atom is 0.0932 e. The van der Waals surface area contributed by atoms with Crippen LogP contribution in [-0.4, -0.2) is 34.6 Å². The maximum atomic E-state index is 10.4. The van der Waals surface area contributed by atoms with Crippen LogP contribution in [0.5, 0.6) is 0 Å². The molecule has 0 unspecified atom stereocenters. The fourth-order valence-corrected chi connectivity index (χ4v) is 3.32. The number of hydrogen-bond donors (Lipinski definition) is 2. The summed E-state index contributed by atoms with van der Waals surface area (Å²) < 4.78 is 5.93. The summed E-state index contributed by atoms with van der Waals surface area (Å²) in [5.74, 6) is 0.423. The molecular formula is C20H32O3. The second kappa shape index (κ2) is 7.78. The van der Waals surface area contributed by atoms with Crippen LogP contribution in [0.4, 0.5) is 0 Å². The highest BCUT2D eigenvalue weighted by atomic mass is 16.6. The van der Waals surface area contributed by atoms with Crippen molar-refractivity contribution in [2.75, 3.05) is 6.61 Å². The van der Waals surface area contributed by atoms with E-state index in [1.54, 1.807) is 0 Å². The van der Waals surface area contributed by atoms with Crippen molar-refractivity contribution in [3.05, 3.63) is 35.5 Å². The summed E-state index contributed by atoms with van der Waals surface area (Å²) >= 11 is 0. The number of epoxide rings is 1. The lowest BCUT2D eigenvalue weighted by molar-refractivity contribution is 0.252. The summed E-state index contributed by atoms with van der Waals surface area (Å²) in [5.41, 5.74) is 3.17. The number of ether oxygens (including phenoxy) is 1. The molecule has 1 fully saturated rings. The van der Waals surface area contributed by atoms with Gasteiger partial charge in [-0.15, -0.1) is 0 Å². The number of rotatable bonds is 2. The lowest BCUT2D eigenvalue weighted by Crippen LogP contribution is -2.14. The predicted molar refractivity (Wildman–Crippen MR) is 94.2 cm³/mol. The summed E-state index contributed by atoms with van der Waals surface area (Å²) in [5, 5.41) is 19.9. The second-order valence-corrected chi connectivity index (χ2v) is 7.52. The molecule has 3 heteroatoms. The molecule has 130 valence electrons. The Balaban J connectivity index is 2.15. The minimum Gasteiger partial charge on any atom is -0.392 e. The standard InChI is InChI=1S/C20H32O3/c1-14(2)17-10-11-20(4)19(23-20)9-8-16(13-21)7-5-6-15(3)18(22)12-17/h7,12,14,18-19,21-22H,3,5-6,8-11,13H2,1-2,4H3/b16-7+,17-12+/t18-,19-,20-/m0/s1. The van der Waals surface area contributed by atoms with Gasteiger partial charge >= 0.3 is 0 Å². The van der Waals surface area contributed by atoms with Crippen molar-refractivity contribution in [2.45, 2.75) is 77.1 Å². The first-order chi connectivity index (χ1) is 10.9. The van der Waals surface area contributed by atoms with Gasteiger partial charge in [0.1, 0.15) is 0 Å². The average Bonchev–Trinajstić information content (AvgIpc) is 3.16. The summed E-state index contributed by atoms with van der Waals surface area (Å²) in [4.78, 5) is 0. The zero-order valence-electron chi connectivity index (χ0n) is 14.8. The smallest absolute Gasteiger partial charge is 0.0932 e. The molecule has 2 aliphatic rings. The van der Waals surface area contributed by atoms with Crippen molar-refractivity contribution >= 4 is 0 Å². The van der Waals surface area contributed by atoms with Gasteiger partial charge < -0.3 is 14.9 Å². The lowest BCUT2D eigenvalue weighted by Gasteiger charge is -2.18. The minimum atomic E-state index is -0.579. The van der Waals surface area contributed by atoms with Crippen LogP contribution in [0.25, 0.3) is 0 Å². The third-order valence-electron chi connectivity index (χ3n) is 5.31. The maximum absolute atomic E-state index is 10.4. The summed E-state index contributed by atoms with van der Waals surface area (Å²) in [6.45, 7) is 10.7. The topological polar surface area (TPSA) is 53.0 Å². The van der Waals surface area contributed by atoms with Crippen molar-refractivity contribution < 1.29 is 14.9 Å². The second-order valence-electron chi connectivity index (χ2n) is 7.52. The first-order valence-corrected chi connectivity index (χ1v) is 8.88. The zero-order chi connectivity index (χ0) is 17.0. The molecule has 0 aromatic heterocycles. The number of fused-ring (bicyclic) bond motifs is 1. The lowest BCUT2D eigenvalue weighted by atomic mass is 9.89. The molecule has 0 saturated carbocycles. The number of aliphatic hydroxyl groups is 2. The average molecular weight is 320 g/mol. The predicted octanol–water partition coefficient (Wildman–Crippen LogP) is 3.92. The van der Waals surface area contributed by atoms with E-state index in [-0.39, 0.29) is 12.2 Å². The van der Waals surface area contributed by atoms with Gasteiger partial charge in [0.2, 0.25) is 0 Å². The van der Waals surface area contributed by atoms with E-state index in [4.69, 9.17) is 4.74 Å². The summed E-state index contributed by atoms with van der Waals surface area (Å²) in [7, 11) is 0. The number of hydrogen-bond acceptors (Lipinski definition) is 3. The van der Waals surface area contributed by atoms with Crippen molar-refractivity contribution in [3.8, 4) is 0 Å². The Bertz CT molecular complexity index is 489. The molecule has 1 aliphatic heterocycles. The Morgan fingerprint density at radius 3 is 2.74 bits per heavy atom. The van der Waals surface area contributed by atoms with E-state index >= 15 is 0 Å². The van der Waals surface area contributed by atoms with Crippen LogP contribution in [0, 0.1) is 5.92 Å². The number of allylic oxidation sites excluding steroid dienone is 2. The van der Waals surface area contributed by atoms with Crippen molar-refractivity contribution in [1.29, 1.82) is 0 Å². The third-order valence-corrected chi connectivity index (χ3v) is 5.31. The molecule has 3 nitrogen and oxygen atoms in total. The van der Waals surface area contributed by atoms with Crippen LogP contribution < -0.4 is 0 Å². The van der Waals surface area contributed by atoms with Crippen LogP contribution >= 0.6 is 0 Å². The highest BCUT2D eigenvalue weighted by Gasteiger charge is 2.50. The largest absolute Gasteiger partial charge is 0.392 e. The molecule has 3 atom stereocenters. The fraction of sp³-hybridized carbons (Fsp3) is 0.700. The highest BCUT2D eigenvalue weighted by Crippen LogP contribution is 2.44. The van der Waals surface area contributed by atoms with Gasteiger partial charge in [-0.05, 0) is 62.5 Å². The van der Waals surface area contributed by atoms with Crippen LogP contribution in [0.2, 0.25) is 0 Å². The van der Waals surface area contributed by atoms with Gasteiger partial charge in [-0.25, -0.2) is 0 Å². The molecule has 0 radical (unpaired) electrons. The van der Waals surface area contributed by atoms with Crippen molar-refractivity contribution in [2.24, 2.45) is 5.92 Å². The Labute approximate surface area is 140 Å². The molecule has 2 rings (SSSR count). The van der Waals surface area contributed by atoms with Crippen LogP contribution in [0.3, 0.4) is 0 Å². The van der Waals surface area contributed by atoms with E-state index in [0.29, 0.717) is 12.0 Å². The van der Waals surface area contributed by atoms with E-state index in [1.807, 2.05) is 6.08 Å². The molecule has 23 heavy (non-hydrogen) atoms. The molecule has 0 bridgehead atoms. The van der Waals surface area contributed by atoms with E-state index in [2.05, 4.69) is 33.4 Å². The molecule has 1 heterocycles. The van der Waals surface area contributed by atoms with E-state index in [0.717, 1.165) is 49.7 Å². The quantitative estimate of drug-likeness (QED) is 0.599. The SMILES string of the molecule is C=C1CC/C=C(/CO)CC[C@@H]2O[C@@]2(C)CC/C(C(C)C)=C\[C@@H]1O. The first-order valence-electron chi connectivity index (χ1n) is 8.88. The third kappa shape index (κ3) is 5.03. The van der Waals surface area contributed by atoms with Gasteiger partial charge in [0.15, 0.2) is 0 Å². The van der Waals surface area contributed by atoms with Gasteiger partial charge in [0.25, 0.3) is 0 Å². The van der Waals surface area contributed by atoms with Crippen molar-refractivity contribution in [3.63, 3.8) is 0 Å². The Morgan fingerprint density at radius 1 is 1.35 bits per heavy atom. The molecule has 2 N–H and O–H groups in total. The molecular weight excluding hydrogens is 288 g/mol. The molecule has 1 saturated heterocycles. The Kier molecular flexibility index (Phi) is 6.24. The van der Waals surface area contributed by atoms with Crippen LogP contribution in [0.15, 0.2) is 35.5 Å². The summed E-state index contributed by atoms with van der Waals surface area (Å²) in [6.07, 6.45) is 9.18. The van der Waals surface area contributed by atoms with Gasteiger partial charge in [0, 0.05) is 0 Å². The molecule has 1 aliphatic carbocycles. The molecule has 0 amide bonds. The normalized spacial score (nSPS) is 38.1. The summed E-state index contributed by atoms with van der Waals surface area (Å²) in [6, 6.07) is 0. The van der Waals surface area contributed by atoms with Gasteiger partial charge in [-0.1, -0.05) is 38.2 Å². The highest BCUT2D eigenvalue weighted by molar-refractivity contribution is 5.19. The van der Waals surface area contributed by atoms with Gasteiger partial charge in [-0.3, -0.25) is 0 Å². The Morgan fingerprint density at radius 2 is 2.09 bits per heavy atom. The molecule has 0 aromatic carbocycles. The van der Waals surface area contributed by atoms with E-state index in [1.165, 1.54) is 5.57 Å².